The third-order valence-electron chi connectivity index (χ3n) is 2.29. The van der Waals surface area contributed by atoms with Crippen LogP contribution in [0, 0.1) is 5.41 Å². The highest BCUT2D eigenvalue weighted by molar-refractivity contribution is 5.94. The summed E-state index contributed by atoms with van der Waals surface area (Å²) in [5.41, 5.74) is -0.328. The molecule has 0 bridgehead atoms. The van der Waals surface area contributed by atoms with Gasteiger partial charge in [-0.1, -0.05) is 20.8 Å². The van der Waals surface area contributed by atoms with Gasteiger partial charge in [0.15, 0.2) is 0 Å². The predicted octanol–water partition coefficient (Wildman–Crippen LogP) is 1.85. The molecule has 0 unspecified atom stereocenters. The van der Waals surface area contributed by atoms with Crippen molar-refractivity contribution >= 4 is 11.6 Å². The number of nitrogens with zero attached hydrogens (tertiary/aromatic N) is 1. The summed E-state index contributed by atoms with van der Waals surface area (Å²) in [6, 6.07) is 3.38. The number of hydrogen-bond acceptors (Lipinski definition) is 2. The van der Waals surface area contributed by atoms with E-state index in [1.807, 2.05) is 27.7 Å². The minimum atomic E-state index is -0.501. The third kappa shape index (κ3) is 2.72. The summed E-state index contributed by atoms with van der Waals surface area (Å²) in [6.07, 6.45) is 1.70. The van der Waals surface area contributed by atoms with E-state index in [-0.39, 0.29) is 11.5 Å². The Balaban J connectivity index is 2.99. The van der Waals surface area contributed by atoms with E-state index in [9.17, 15) is 9.59 Å². The number of rotatable bonds is 2. The topological polar surface area (TPSA) is 51.1 Å². The van der Waals surface area contributed by atoms with Crippen molar-refractivity contribution in [2.75, 3.05) is 5.32 Å². The van der Waals surface area contributed by atoms with E-state index in [2.05, 4.69) is 5.32 Å². The van der Waals surface area contributed by atoms with Crippen LogP contribution in [0.4, 0.5) is 5.69 Å². The fourth-order valence-corrected chi connectivity index (χ4v) is 1.19. The third-order valence-corrected chi connectivity index (χ3v) is 2.29. The molecule has 0 aliphatic heterocycles. The van der Waals surface area contributed by atoms with Crippen LogP contribution < -0.4 is 10.9 Å². The molecule has 0 saturated heterocycles. The van der Waals surface area contributed by atoms with Crippen LogP contribution in [0.1, 0.15) is 27.7 Å². The SMILES string of the molecule is CCn1cccc(NC(=O)C(C)(C)C)c1=O. The Hall–Kier alpha value is -1.58. The second kappa shape index (κ2) is 4.51. The fourth-order valence-electron chi connectivity index (χ4n) is 1.19. The molecule has 1 aromatic rings. The number of aryl methyl sites for hydroxylation is 1. The molecule has 0 radical (unpaired) electrons. The van der Waals surface area contributed by atoms with Crippen LogP contribution in [0.25, 0.3) is 0 Å². The first-order chi connectivity index (χ1) is 7.36. The zero-order valence-electron chi connectivity index (χ0n) is 10.2. The van der Waals surface area contributed by atoms with E-state index in [1.165, 1.54) is 0 Å². The molecule has 1 heterocycles. The summed E-state index contributed by atoms with van der Waals surface area (Å²) in [7, 11) is 0. The summed E-state index contributed by atoms with van der Waals surface area (Å²) < 4.78 is 1.55. The van der Waals surface area contributed by atoms with Crippen molar-refractivity contribution in [2.24, 2.45) is 5.41 Å². The maximum Gasteiger partial charge on any atom is 0.274 e. The first-order valence-corrected chi connectivity index (χ1v) is 5.37. The summed E-state index contributed by atoms with van der Waals surface area (Å²) in [6.45, 7) is 7.91. The van der Waals surface area contributed by atoms with Crippen LogP contribution in [-0.4, -0.2) is 10.5 Å². The molecule has 0 aliphatic carbocycles. The average Bonchev–Trinajstić information content (AvgIpc) is 2.19. The minimum Gasteiger partial charge on any atom is -0.321 e. The molecule has 0 fully saturated rings. The highest BCUT2D eigenvalue weighted by atomic mass is 16.2. The van der Waals surface area contributed by atoms with Gasteiger partial charge in [-0.05, 0) is 19.1 Å². The van der Waals surface area contributed by atoms with E-state index in [1.54, 1.807) is 22.9 Å². The highest BCUT2D eigenvalue weighted by Crippen LogP contribution is 2.15. The van der Waals surface area contributed by atoms with Gasteiger partial charge in [0, 0.05) is 18.2 Å². The molecule has 0 aliphatic rings. The van der Waals surface area contributed by atoms with Gasteiger partial charge in [-0.15, -0.1) is 0 Å². The molecule has 4 heteroatoms. The molecule has 1 amide bonds. The lowest BCUT2D eigenvalue weighted by molar-refractivity contribution is -0.123. The molecule has 0 aromatic carbocycles. The maximum absolute atomic E-state index is 11.8. The lowest BCUT2D eigenvalue weighted by Crippen LogP contribution is -2.31. The van der Waals surface area contributed by atoms with Gasteiger partial charge in [0.1, 0.15) is 5.69 Å². The smallest absolute Gasteiger partial charge is 0.274 e. The summed E-state index contributed by atoms with van der Waals surface area (Å²) in [5.74, 6) is -0.154. The lowest BCUT2D eigenvalue weighted by atomic mass is 9.95. The number of anilines is 1. The van der Waals surface area contributed by atoms with Gasteiger partial charge >= 0.3 is 0 Å². The van der Waals surface area contributed by atoms with E-state index < -0.39 is 5.41 Å². The lowest BCUT2D eigenvalue weighted by Gasteiger charge is -2.17. The van der Waals surface area contributed by atoms with Crippen molar-refractivity contribution in [2.45, 2.75) is 34.2 Å². The molecule has 0 atom stereocenters. The second-order valence-electron chi connectivity index (χ2n) is 4.72. The van der Waals surface area contributed by atoms with Gasteiger partial charge in [0.05, 0.1) is 0 Å². The molecule has 88 valence electrons. The van der Waals surface area contributed by atoms with Gasteiger partial charge in [-0.25, -0.2) is 0 Å². The van der Waals surface area contributed by atoms with Crippen LogP contribution >= 0.6 is 0 Å². The zero-order valence-corrected chi connectivity index (χ0v) is 10.2. The van der Waals surface area contributed by atoms with Crippen molar-refractivity contribution in [1.29, 1.82) is 0 Å². The van der Waals surface area contributed by atoms with Crippen LogP contribution in [0.3, 0.4) is 0 Å². The molecular weight excluding hydrogens is 204 g/mol. The molecule has 1 aromatic heterocycles. The summed E-state index contributed by atoms with van der Waals surface area (Å²) >= 11 is 0. The van der Waals surface area contributed by atoms with Gasteiger partial charge < -0.3 is 9.88 Å². The van der Waals surface area contributed by atoms with Crippen molar-refractivity contribution in [3.8, 4) is 0 Å². The Kier molecular flexibility index (Phi) is 3.52. The predicted molar refractivity (Wildman–Crippen MR) is 64.5 cm³/mol. The first-order valence-electron chi connectivity index (χ1n) is 5.37. The normalized spacial score (nSPS) is 11.2. The molecule has 1 N–H and O–H groups in total. The largest absolute Gasteiger partial charge is 0.321 e. The molecule has 0 spiro atoms. The zero-order chi connectivity index (χ0) is 12.3. The van der Waals surface area contributed by atoms with E-state index in [0.717, 1.165) is 0 Å². The summed E-state index contributed by atoms with van der Waals surface area (Å²) in [4.78, 5) is 23.5. The van der Waals surface area contributed by atoms with Crippen LogP contribution in [-0.2, 0) is 11.3 Å². The Morgan fingerprint density at radius 3 is 2.56 bits per heavy atom. The van der Waals surface area contributed by atoms with Gasteiger partial charge in [0.2, 0.25) is 5.91 Å². The average molecular weight is 222 g/mol. The maximum atomic E-state index is 11.8. The number of hydrogen-bond donors (Lipinski definition) is 1. The van der Waals surface area contributed by atoms with Crippen molar-refractivity contribution in [1.82, 2.24) is 4.57 Å². The van der Waals surface area contributed by atoms with Crippen molar-refractivity contribution < 1.29 is 4.79 Å². The molecule has 0 saturated carbocycles. The molecule has 1 rings (SSSR count). The van der Waals surface area contributed by atoms with Crippen LogP contribution in [0.5, 0.6) is 0 Å². The molecular formula is C12H18N2O2. The Morgan fingerprint density at radius 1 is 1.44 bits per heavy atom. The van der Waals surface area contributed by atoms with Gasteiger partial charge in [-0.2, -0.15) is 0 Å². The number of carbonyl (C=O) groups is 1. The quantitative estimate of drug-likeness (QED) is 0.830. The van der Waals surface area contributed by atoms with Crippen LogP contribution in [0.15, 0.2) is 23.1 Å². The van der Waals surface area contributed by atoms with Crippen molar-refractivity contribution in [3.05, 3.63) is 28.7 Å². The Labute approximate surface area is 95.3 Å². The van der Waals surface area contributed by atoms with E-state index >= 15 is 0 Å². The highest BCUT2D eigenvalue weighted by Gasteiger charge is 2.22. The van der Waals surface area contributed by atoms with E-state index in [0.29, 0.717) is 12.2 Å². The molecule has 16 heavy (non-hydrogen) atoms. The van der Waals surface area contributed by atoms with Gasteiger partial charge in [0.25, 0.3) is 5.56 Å². The van der Waals surface area contributed by atoms with Gasteiger partial charge in [-0.3, -0.25) is 9.59 Å². The van der Waals surface area contributed by atoms with Crippen LogP contribution in [0.2, 0.25) is 0 Å². The summed E-state index contributed by atoms with van der Waals surface area (Å²) in [5, 5.41) is 2.65. The van der Waals surface area contributed by atoms with Crippen molar-refractivity contribution in [3.63, 3.8) is 0 Å². The number of carbonyl (C=O) groups excluding carboxylic acids is 1. The van der Waals surface area contributed by atoms with E-state index in [4.69, 9.17) is 0 Å². The fraction of sp³-hybridized carbons (Fsp3) is 0.500. The standard InChI is InChI=1S/C12H18N2O2/c1-5-14-8-6-7-9(10(14)15)13-11(16)12(2,3)4/h6-8H,5H2,1-4H3,(H,13,16). The Morgan fingerprint density at radius 2 is 2.06 bits per heavy atom. The monoisotopic (exact) mass is 222 g/mol. The number of amides is 1. The number of aromatic nitrogens is 1. The Bertz CT molecular complexity index is 441. The molecule has 4 nitrogen and oxygen atoms in total. The second-order valence-corrected chi connectivity index (χ2v) is 4.72. The number of nitrogens with one attached hydrogen (secondary N) is 1. The number of pyridine rings is 1. The minimum absolute atomic E-state index is 0.154. The first kappa shape index (κ1) is 12.5.